The van der Waals surface area contributed by atoms with Crippen LogP contribution in [0.3, 0.4) is 0 Å². The second-order valence-corrected chi connectivity index (χ2v) is 11.0. The highest BCUT2D eigenvalue weighted by Crippen LogP contribution is 2.42. The van der Waals surface area contributed by atoms with Gasteiger partial charge in [0.25, 0.3) is 0 Å². The van der Waals surface area contributed by atoms with Crippen molar-refractivity contribution in [3.05, 3.63) is 152 Å². The first-order valence-corrected chi connectivity index (χ1v) is 14.5. The van der Waals surface area contributed by atoms with Crippen LogP contribution in [0.4, 0.5) is 17.1 Å². The van der Waals surface area contributed by atoms with Gasteiger partial charge in [0.1, 0.15) is 22.3 Å². The number of hydrogen-bond acceptors (Lipinski definition) is 3. The van der Waals surface area contributed by atoms with Crippen LogP contribution < -0.4 is 4.90 Å². The molecule has 0 atom stereocenters. The molecule has 9 rings (SSSR count). The van der Waals surface area contributed by atoms with Crippen LogP contribution in [0.1, 0.15) is 0 Å². The third kappa shape index (κ3) is 3.83. The molecule has 0 spiro atoms. The van der Waals surface area contributed by atoms with Crippen molar-refractivity contribution >= 4 is 71.7 Å². The molecule has 7 aromatic carbocycles. The maximum atomic E-state index is 6.32. The maximum Gasteiger partial charge on any atom is 0.137 e. The summed E-state index contributed by atoms with van der Waals surface area (Å²) >= 11 is 0. The van der Waals surface area contributed by atoms with E-state index in [1.165, 1.54) is 16.5 Å². The average Bonchev–Trinajstić information content (AvgIpc) is 3.64. The van der Waals surface area contributed by atoms with Gasteiger partial charge in [0.15, 0.2) is 0 Å². The normalized spacial score (nSPS) is 11.7. The number of anilines is 3. The van der Waals surface area contributed by atoms with Crippen LogP contribution in [0.15, 0.2) is 160 Å². The Labute approximate surface area is 247 Å². The first kappa shape index (κ1) is 23.9. The van der Waals surface area contributed by atoms with Crippen molar-refractivity contribution in [2.75, 3.05) is 4.90 Å². The molecule has 202 valence electrons. The van der Waals surface area contributed by atoms with Gasteiger partial charge in [-0.1, -0.05) is 91.0 Å². The smallest absolute Gasteiger partial charge is 0.137 e. The Morgan fingerprint density at radius 1 is 0.349 bits per heavy atom. The topological polar surface area (TPSA) is 29.5 Å². The third-order valence-corrected chi connectivity index (χ3v) is 8.45. The van der Waals surface area contributed by atoms with Crippen LogP contribution in [0.25, 0.3) is 65.8 Å². The monoisotopic (exact) mass is 551 g/mol. The van der Waals surface area contributed by atoms with Gasteiger partial charge in [0, 0.05) is 44.7 Å². The summed E-state index contributed by atoms with van der Waals surface area (Å²) in [7, 11) is 0. The van der Waals surface area contributed by atoms with Gasteiger partial charge in [0.05, 0.1) is 0 Å². The Balaban J connectivity index is 1.27. The molecule has 0 saturated heterocycles. The Morgan fingerprint density at radius 2 is 0.930 bits per heavy atom. The number of benzene rings is 7. The molecule has 0 saturated carbocycles. The Morgan fingerprint density at radius 3 is 1.77 bits per heavy atom. The minimum Gasteiger partial charge on any atom is -0.456 e. The molecule has 3 heteroatoms. The summed E-state index contributed by atoms with van der Waals surface area (Å²) in [4.78, 5) is 2.31. The van der Waals surface area contributed by atoms with Crippen LogP contribution in [-0.4, -0.2) is 0 Å². The van der Waals surface area contributed by atoms with E-state index in [0.717, 1.165) is 66.3 Å². The van der Waals surface area contributed by atoms with Gasteiger partial charge >= 0.3 is 0 Å². The van der Waals surface area contributed by atoms with Crippen molar-refractivity contribution in [2.45, 2.75) is 0 Å². The Bertz CT molecular complexity index is 2450. The average molecular weight is 552 g/mol. The molecule has 0 amide bonds. The Kier molecular flexibility index (Phi) is 5.20. The minimum absolute atomic E-state index is 0.869. The zero-order chi connectivity index (χ0) is 28.3. The van der Waals surface area contributed by atoms with E-state index in [4.69, 9.17) is 8.83 Å². The summed E-state index contributed by atoms with van der Waals surface area (Å²) in [6, 6.07) is 53.2. The lowest BCUT2D eigenvalue weighted by molar-refractivity contribution is 0.668. The first-order chi connectivity index (χ1) is 21.3. The molecule has 0 unspecified atom stereocenters. The van der Waals surface area contributed by atoms with Crippen LogP contribution in [0.5, 0.6) is 0 Å². The number of para-hydroxylation sites is 2. The summed E-state index contributed by atoms with van der Waals surface area (Å²) in [6.07, 6.45) is 0. The molecule has 0 fully saturated rings. The molecule has 0 aliphatic rings. The SMILES string of the molecule is c1ccc(-c2ccc(N(c3ccc4c(c3)oc3ccccc34)c3ccc4ccc5oc6ccccc6c5c4c3)cc2)cc1. The van der Waals surface area contributed by atoms with Crippen LogP contribution in [0, 0.1) is 0 Å². The summed E-state index contributed by atoms with van der Waals surface area (Å²) in [6.45, 7) is 0. The zero-order valence-electron chi connectivity index (χ0n) is 23.2. The van der Waals surface area contributed by atoms with Crippen molar-refractivity contribution in [3.8, 4) is 11.1 Å². The fourth-order valence-corrected chi connectivity index (χ4v) is 6.40. The summed E-state index contributed by atoms with van der Waals surface area (Å²) in [5, 5.41) is 6.85. The molecule has 3 nitrogen and oxygen atoms in total. The summed E-state index contributed by atoms with van der Waals surface area (Å²) in [5.41, 5.74) is 9.11. The highest BCUT2D eigenvalue weighted by molar-refractivity contribution is 6.19. The minimum atomic E-state index is 0.869. The standard InChI is InChI=1S/C40H25NO2/c1-2-8-26(9-3-1)27-14-18-29(19-15-27)41(31-21-22-33-32-10-4-6-12-36(32)43-39(33)25-31)30-20-16-28-17-23-38-40(35(28)24-30)34-11-5-7-13-37(34)42-38/h1-25H. The summed E-state index contributed by atoms with van der Waals surface area (Å²) < 4.78 is 12.6. The van der Waals surface area contributed by atoms with Crippen molar-refractivity contribution in [1.82, 2.24) is 0 Å². The largest absolute Gasteiger partial charge is 0.456 e. The Hall–Kier alpha value is -5.80. The number of rotatable bonds is 4. The van der Waals surface area contributed by atoms with E-state index >= 15 is 0 Å². The van der Waals surface area contributed by atoms with Crippen LogP contribution in [-0.2, 0) is 0 Å². The van der Waals surface area contributed by atoms with E-state index in [1.807, 2.05) is 30.3 Å². The van der Waals surface area contributed by atoms with Gasteiger partial charge in [-0.05, 0) is 76.5 Å². The molecule has 0 aliphatic heterocycles. The van der Waals surface area contributed by atoms with Gasteiger partial charge in [-0.3, -0.25) is 0 Å². The van der Waals surface area contributed by atoms with Crippen LogP contribution >= 0.6 is 0 Å². The third-order valence-electron chi connectivity index (χ3n) is 8.45. The highest BCUT2D eigenvalue weighted by Gasteiger charge is 2.18. The molecule has 2 heterocycles. The molecule has 9 aromatic rings. The van der Waals surface area contributed by atoms with Crippen LogP contribution in [0.2, 0.25) is 0 Å². The molecule has 0 bridgehead atoms. The molecule has 0 N–H and O–H groups in total. The summed E-state index contributed by atoms with van der Waals surface area (Å²) in [5.74, 6) is 0. The van der Waals surface area contributed by atoms with Crippen molar-refractivity contribution in [1.29, 1.82) is 0 Å². The molecular weight excluding hydrogens is 526 g/mol. The number of fused-ring (bicyclic) bond motifs is 8. The first-order valence-electron chi connectivity index (χ1n) is 14.5. The fourth-order valence-electron chi connectivity index (χ4n) is 6.40. The molecule has 2 aromatic heterocycles. The lowest BCUT2D eigenvalue weighted by Gasteiger charge is -2.26. The van der Waals surface area contributed by atoms with Gasteiger partial charge in [-0.2, -0.15) is 0 Å². The van der Waals surface area contributed by atoms with E-state index in [0.29, 0.717) is 0 Å². The van der Waals surface area contributed by atoms with Crippen molar-refractivity contribution < 1.29 is 8.83 Å². The van der Waals surface area contributed by atoms with E-state index < -0.39 is 0 Å². The van der Waals surface area contributed by atoms with E-state index in [1.54, 1.807) is 0 Å². The molecule has 0 radical (unpaired) electrons. The van der Waals surface area contributed by atoms with Gasteiger partial charge in [0.2, 0.25) is 0 Å². The van der Waals surface area contributed by atoms with Gasteiger partial charge < -0.3 is 13.7 Å². The van der Waals surface area contributed by atoms with Crippen molar-refractivity contribution in [2.24, 2.45) is 0 Å². The van der Waals surface area contributed by atoms with E-state index in [9.17, 15) is 0 Å². The van der Waals surface area contributed by atoms with Crippen molar-refractivity contribution in [3.63, 3.8) is 0 Å². The predicted octanol–water partition coefficient (Wildman–Crippen LogP) is 11.8. The molecule has 0 aliphatic carbocycles. The lowest BCUT2D eigenvalue weighted by atomic mass is 10.0. The quantitative estimate of drug-likeness (QED) is 0.218. The van der Waals surface area contributed by atoms with Gasteiger partial charge in [-0.15, -0.1) is 0 Å². The van der Waals surface area contributed by atoms with E-state index in [-0.39, 0.29) is 0 Å². The second-order valence-electron chi connectivity index (χ2n) is 11.0. The van der Waals surface area contributed by atoms with Gasteiger partial charge in [-0.25, -0.2) is 0 Å². The predicted molar refractivity (Wildman–Crippen MR) is 179 cm³/mol. The lowest BCUT2D eigenvalue weighted by Crippen LogP contribution is -2.09. The molecular formula is C40H25NO2. The van der Waals surface area contributed by atoms with E-state index in [2.05, 4.69) is 126 Å². The highest BCUT2D eigenvalue weighted by atomic mass is 16.3. The zero-order valence-corrected chi connectivity index (χ0v) is 23.2. The number of furan rings is 2. The number of hydrogen-bond donors (Lipinski definition) is 0. The number of nitrogens with zero attached hydrogens (tertiary/aromatic N) is 1. The molecule has 43 heavy (non-hydrogen) atoms. The fraction of sp³-hybridized carbons (Fsp3) is 0. The second kappa shape index (κ2) is 9.37. The maximum absolute atomic E-state index is 6.32.